The number of amides is 3. The first-order valence-electron chi connectivity index (χ1n) is 11.4. The number of phenolic OH excluding ortho intramolecular Hbond substituents is 1. The molecule has 0 bridgehead atoms. The molecule has 3 fully saturated rings. The first kappa shape index (κ1) is 22.1. The van der Waals surface area contributed by atoms with Gasteiger partial charge in [0.25, 0.3) is 5.91 Å². The van der Waals surface area contributed by atoms with Crippen LogP contribution in [0.25, 0.3) is 0 Å². The Morgan fingerprint density at radius 3 is 2.48 bits per heavy atom. The summed E-state index contributed by atoms with van der Waals surface area (Å²) in [5.41, 5.74) is -0.904. The van der Waals surface area contributed by atoms with E-state index >= 15 is 0 Å². The van der Waals surface area contributed by atoms with E-state index < -0.39 is 16.6 Å². The number of benzene rings is 1. The molecule has 3 amide bonds. The quantitative estimate of drug-likeness (QED) is 0.722. The first-order valence-corrected chi connectivity index (χ1v) is 11.4. The molecule has 4 unspecified atom stereocenters. The van der Waals surface area contributed by atoms with Crippen molar-refractivity contribution in [2.24, 2.45) is 0 Å². The normalized spacial score (nSPS) is 36.4. The third-order valence-electron chi connectivity index (χ3n) is 8.58. The predicted octanol–water partition coefficient (Wildman–Crippen LogP) is 2.62. The van der Waals surface area contributed by atoms with Crippen molar-refractivity contribution >= 4 is 11.9 Å². The van der Waals surface area contributed by atoms with Crippen LogP contribution in [0, 0.1) is 6.92 Å². The fourth-order valence-corrected chi connectivity index (χ4v) is 6.72. The Morgan fingerprint density at radius 1 is 1.13 bits per heavy atom. The second-order valence-electron chi connectivity index (χ2n) is 9.70. The number of fused-ring (bicyclic) bond motifs is 1. The summed E-state index contributed by atoms with van der Waals surface area (Å²) < 4.78 is 0. The highest BCUT2D eigenvalue weighted by Gasteiger charge is 2.69. The van der Waals surface area contributed by atoms with Gasteiger partial charge in [-0.3, -0.25) is 9.69 Å². The van der Waals surface area contributed by atoms with E-state index in [4.69, 9.17) is 0 Å². The molecule has 170 valence electrons. The number of nitrogens with zero attached hydrogens (tertiary/aromatic N) is 3. The summed E-state index contributed by atoms with van der Waals surface area (Å²) >= 11 is 0. The molecule has 2 saturated heterocycles. The lowest BCUT2D eigenvalue weighted by Gasteiger charge is -2.63. The maximum atomic E-state index is 13.7. The lowest BCUT2D eigenvalue weighted by Crippen LogP contribution is -2.73. The second kappa shape index (κ2) is 7.20. The third kappa shape index (κ3) is 2.72. The highest BCUT2D eigenvalue weighted by molar-refractivity contribution is 6.07. The van der Waals surface area contributed by atoms with E-state index in [9.17, 15) is 19.8 Å². The molecular weight excluding hydrogens is 394 g/mol. The van der Waals surface area contributed by atoms with Crippen molar-refractivity contribution in [2.75, 3.05) is 26.7 Å². The number of aryl methyl sites for hydroxylation is 1. The smallest absolute Gasteiger partial charge is 0.327 e. The van der Waals surface area contributed by atoms with Crippen LogP contribution in [0.3, 0.4) is 0 Å². The van der Waals surface area contributed by atoms with Gasteiger partial charge >= 0.3 is 6.03 Å². The number of hydrogen-bond donors (Lipinski definition) is 2. The van der Waals surface area contributed by atoms with E-state index in [1.165, 1.54) is 4.90 Å². The van der Waals surface area contributed by atoms with Gasteiger partial charge in [-0.1, -0.05) is 6.07 Å². The van der Waals surface area contributed by atoms with E-state index in [0.717, 1.165) is 17.7 Å². The third-order valence-corrected chi connectivity index (χ3v) is 8.58. The van der Waals surface area contributed by atoms with Crippen molar-refractivity contribution in [1.29, 1.82) is 0 Å². The summed E-state index contributed by atoms with van der Waals surface area (Å²) in [5.74, 6) is 0.00699. The van der Waals surface area contributed by atoms with Crippen LogP contribution in [0.2, 0.25) is 0 Å². The van der Waals surface area contributed by atoms with Crippen molar-refractivity contribution < 1.29 is 19.8 Å². The first-order chi connectivity index (χ1) is 14.6. The van der Waals surface area contributed by atoms with Crippen molar-refractivity contribution in [3.8, 4) is 5.75 Å². The molecule has 4 rings (SSSR count). The fraction of sp³-hybridized carbons (Fsp3) is 0.667. The van der Waals surface area contributed by atoms with Crippen LogP contribution in [0.5, 0.6) is 5.75 Å². The zero-order valence-corrected chi connectivity index (χ0v) is 19.3. The number of aliphatic hydroxyl groups is 1. The van der Waals surface area contributed by atoms with Crippen LogP contribution in [-0.2, 0) is 10.2 Å². The summed E-state index contributed by atoms with van der Waals surface area (Å²) in [6, 6.07) is 4.94. The minimum atomic E-state index is -1.08. The summed E-state index contributed by atoms with van der Waals surface area (Å²) in [5, 5.41) is 22.6. The number of piperidine rings is 1. The van der Waals surface area contributed by atoms with Gasteiger partial charge in [-0.05, 0) is 90.2 Å². The number of carbonyl (C=O) groups excluding carboxylic acids is 2. The molecule has 31 heavy (non-hydrogen) atoms. The molecule has 1 aromatic carbocycles. The molecular formula is C24H35N3O4. The Morgan fingerprint density at radius 2 is 1.84 bits per heavy atom. The summed E-state index contributed by atoms with van der Waals surface area (Å²) in [6.07, 6.45) is 1.88. The van der Waals surface area contributed by atoms with Crippen LogP contribution >= 0.6 is 0 Å². The number of imide groups is 1. The molecule has 2 aliphatic heterocycles. The number of phenols is 1. The number of hydrogen-bond acceptors (Lipinski definition) is 5. The molecule has 0 radical (unpaired) electrons. The zero-order valence-electron chi connectivity index (χ0n) is 19.3. The minimum Gasteiger partial charge on any atom is -0.508 e. The topological polar surface area (TPSA) is 84.3 Å². The predicted molar refractivity (Wildman–Crippen MR) is 118 cm³/mol. The Kier molecular flexibility index (Phi) is 5.13. The number of urea groups is 1. The van der Waals surface area contributed by atoms with Gasteiger partial charge in [0.2, 0.25) is 0 Å². The molecule has 4 atom stereocenters. The fourth-order valence-electron chi connectivity index (χ4n) is 6.72. The van der Waals surface area contributed by atoms with Gasteiger partial charge in [-0.2, -0.15) is 0 Å². The second-order valence-corrected chi connectivity index (χ2v) is 9.70. The number of carbonyl (C=O) groups is 2. The lowest BCUT2D eigenvalue weighted by atomic mass is 9.49. The monoisotopic (exact) mass is 429 g/mol. The molecule has 1 aromatic rings. The van der Waals surface area contributed by atoms with Gasteiger partial charge in [0.05, 0.1) is 5.60 Å². The van der Waals surface area contributed by atoms with Crippen LogP contribution in [0.15, 0.2) is 18.2 Å². The number of rotatable bonds is 3. The molecule has 3 aliphatic rings. The Bertz CT molecular complexity index is 920. The van der Waals surface area contributed by atoms with E-state index in [1.807, 2.05) is 40.8 Å². The van der Waals surface area contributed by atoms with Gasteiger partial charge in [-0.25, -0.2) is 4.79 Å². The molecule has 7 nitrogen and oxygen atoms in total. The molecule has 1 aliphatic carbocycles. The van der Waals surface area contributed by atoms with E-state index in [0.29, 0.717) is 38.8 Å². The van der Waals surface area contributed by atoms with E-state index in [-0.39, 0.29) is 23.7 Å². The number of aromatic hydroxyl groups is 1. The average Bonchev–Trinajstić information content (AvgIpc) is 2.94. The SMILES string of the molecule is CCN1C(=O)N(CC)C2(CCC3(O)C(C)N(C)CCC3(c3cc(O)ccc3C)C2)C1=O. The van der Waals surface area contributed by atoms with Crippen molar-refractivity contribution in [3.05, 3.63) is 29.3 Å². The average molecular weight is 430 g/mol. The van der Waals surface area contributed by atoms with Crippen molar-refractivity contribution in [3.63, 3.8) is 0 Å². The lowest BCUT2D eigenvalue weighted by molar-refractivity contribution is -0.176. The van der Waals surface area contributed by atoms with Crippen LogP contribution < -0.4 is 0 Å². The van der Waals surface area contributed by atoms with Crippen LogP contribution in [0.1, 0.15) is 57.6 Å². The van der Waals surface area contributed by atoms with E-state index in [1.54, 1.807) is 17.0 Å². The van der Waals surface area contributed by atoms with Gasteiger partial charge in [0.15, 0.2) is 0 Å². The summed E-state index contributed by atoms with van der Waals surface area (Å²) in [6.45, 7) is 9.33. The highest BCUT2D eigenvalue weighted by Crippen LogP contribution is 2.59. The Balaban J connectivity index is 1.94. The maximum absolute atomic E-state index is 13.7. The molecule has 2 heterocycles. The zero-order chi connectivity index (χ0) is 22.8. The summed E-state index contributed by atoms with van der Waals surface area (Å²) in [4.78, 5) is 32.0. The van der Waals surface area contributed by atoms with E-state index in [2.05, 4.69) is 4.90 Å². The van der Waals surface area contributed by atoms with Crippen LogP contribution in [-0.4, -0.2) is 80.7 Å². The minimum absolute atomic E-state index is 0.120. The highest BCUT2D eigenvalue weighted by atomic mass is 16.3. The van der Waals surface area contributed by atoms with Gasteiger partial charge < -0.3 is 20.0 Å². The van der Waals surface area contributed by atoms with Gasteiger partial charge in [-0.15, -0.1) is 0 Å². The number of likely N-dealkylation sites (tertiary alicyclic amines) is 1. The molecule has 2 N–H and O–H groups in total. The Hall–Kier alpha value is -2.12. The van der Waals surface area contributed by atoms with Gasteiger partial charge in [0, 0.05) is 24.5 Å². The molecule has 7 heteroatoms. The van der Waals surface area contributed by atoms with Gasteiger partial charge in [0.1, 0.15) is 11.3 Å². The number of likely N-dealkylation sites (N-methyl/N-ethyl adjacent to an activating group) is 3. The Labute approximate surface area is 184 Å². The molecule has 1 spiro atoms. The molecule has 0 aromatic heterocycles. The van der Waals surface area contributed by atoms with Crippen molar-refractivity contribution in [2.45, 2.75) is 76.0 Å². The largest absolute Gasteiger partial charge is 0.508 e. The van der Waals surface area contributed by atoms with Crippen molar-refractivity contribution in [1.82, 2.24) is 14.7 Å². The standard InChI is InChI=1S/C24H35N3O4/c1-6-26-20(29)23(27(7-2)21(26)30)10-11-24(31)17(4)25(5)13-12-22(24,15-23)19-14-18(28)9-8-16(19)3/h8-9,14,17,28,31H,6-7,10-13,15H2,1-5H3. The molecule has 1 saturated carbocycles. The van der Waals surface area contributed by atoms with Crippen LogP contribution in [0.4, 0.5) is 4.79 Å². The summed E-state index contributed by atoms with van der Waals surface area (Å²) in [7, 11) is 2.02. The maximum Gasteiger partial charge on any atom is 0.327 e.